The van der Waals surface area contributed by atoms with Gasteiger partial charge in [-0.15, -0.1) is 0 Å². The Hall–Kier alpha value is -1.20. The second kappa shape index (κ2) is 11.1. The standard InChI is InChI=1S/C18H32N4O4S2/c1-3-19-17(21-14-18(2,23)15-7-10-27-13-15)20-8-11-28(24,25)22-12-16-6-4-5-9-26-16/h7,10,13,16,22-23H,3-6,8-9,11-12,14H2,1-2H3,(H2,19,20,21). The summed E-state index contributed by atoms with van der Waals surface area (Å²) in [7, 11) is -3.39. The third kappa shape index (κ3) is 8.04. The molecule has 1 aromatic heterocycles. The van der Waals surface area contributed by atoms with Crippen molar-refractivity contribution in [1.29, 1.82) is 0 Å². The van der Waals surface area contributed by atoms with Crippen LogP contribution in [0.15, 0.2) is 21.8 Å². The van der Waals surface area contributed by atoms with Gasteiger partial charge >= 0.3 is 0 Å². The summed E-state index contributed by atoms with van der Waals surface area (Å²) in [6, 6.07) is 1.87. The highest BCUT2D eigenvalue weighted by atomic mass is 32.2. The van der Waals surface area contributed by atoms with Crippen LogP contribution in [0, 0.1) is 0 Å². The molecule has 2 unspecified atom stereocenters. The van der Waals surface area contributed by atoms with E-state index in [1.165, 1.54) is 11.3 Å². The van der Waals surface area contributed by atoms with Gasteiger partial charge in [0.2, 0.25) is 10.0 Å². The van der Waals surface area contributed by atoms with Crippen molar-refractivity contribution in [2.75, 3.05) is 38.5 Å². The number of guanidine groups is 1. The molecule has 0 spiro atoms. The highest BCUT2D eigenvalue weighted by Gasteiger charge is 2.23. The lowest BCUT2D eigenvalue weighted by Crippen LogP contribution is -2.43. The summed E-state index contributed by atoms with van der Waals surface area (Å²) in [4.78, 5) is 4.39. The monoisotopic (exact) mass is 432 g/mol. The maximum absolute atomic E-state index is 12.2. The van der Waals surface area contributed by atoms with Crippen molar-refractivity contribution in [3.63, 3.8) is 0 Å². The van der Waals surface area contributed by atoms with Crippen molar-refractivity contribution in [2.45, 2.75) is 44.8 Å². The Balaban J connectivity index is 1.79. The highest BCUT2D eigenvalue weighted by molar-refractivity contribution is 7.89. The minimum atomic E-state index is -3.39. The number of hydrogen-bond donors (Lipinski definition) is 4. The molecular formula is C18H32N4O4S2. The number of hydrogen-bond acceptors (Lipinski definition) is 6. The second-order valence-electron chi connectivity index (χ2n) is 7.06. The second-order valence-corrected chi connectivity index (χ2v) is 9.77. The third-order valence-corrected chi connectivity index (χ3v) is 6.53. The zero-order chi connectivity index (χ0) is 20.5. The molecule has 1 saturated heterocycles. The van der Waals surface area contributed by atoms with Crippen LogP contribution < -0.4 is 15.4 Å². The molecule has 10 heteroatoms. The van der Waals surface area contributed by atoms with Crippen LogP contribution in [-0.2, 0) is 20.4 Å². The molecule has 2 heterocycles. The van der Waals surface area contributed by atoms with E-state index in [-0.39, 0.29) is 24.9 Å². The van der Waals surface area contributed by atoms with Crippen LogP contribution in [0.25, 0.3) is 0 Å². The molecule has 1 aliphatic rings. The van der Waals surface area contributed by atoms with Crippen LogP contribution in [0.4, 0.5) is 0 Å². The Morgan fingerprint density at radius 2 is 2.25 bits per heavy atom. The summed E-state index contributed by atoms with van der Waals surface area (Å²) in [5.41, 5.74) is -0.260. The number of aliphatic hydroxyl groups is 1. The van der Waals surface area contributed by atoms with Gasteiger partial charge in [-0.25, -0.2) is 18.1 Å². The van der Waals surface area contributed by atoms with Gasteiger partial charge in [0.25, 0.3) is 0 Å². The maximum atomic E-state index is 12.2. The van der Waals surface area contributed by atoms with Gasteiger partial charge in [0.1, 0.15) is 5.60 Å². The number of aliphatic imine (C=N–C) groups is 1. The Labute approximate surface area is 171 Å². The molecule has 160 valence electrons. The molecule has 4 N–H and O–H groups in total. The topological polar surface area (TPSA) is 112 Å². The summed E-state index contributed by atoms with van der Waals surface area (Å²) in [6.45, 7) is 5.68. The quantitative estimate of drug-likeness (QED) is 0.324. The van der Waals surface area contributed by atoms with Gasteiger partial charge in [-0.2, -0.15) is 11.3 Å². The lowest BCUT2D eigenvalue weighted by atomic mass is 10.00. The number of sulfonamides is 1. The van der Waals surface area contributed by atoms with E-state index in [4.69, 9.17) is 4.74 Å². The van der Waals surface area contributed by atoms with E-state index in [0.29, 0.717) is 25.7 Å². The molecular weight excluding hydrogens is 400 g/mol. The minimum Gasteiger partial charge on any atom is -0.383 e. The van der Waals surface area contributed by atoms with Gasteiger partial charge in [0.05, 0.1) is 18.4 Å². The van der Waals surface area contributed by atoms with Crippen molar-refractivity contribution in [3.05, 3.63) is 22.4 Å². The van der Waals surface area contributed by atoms with Crippen LogP contribution >= 0.6 is 11.3 Å². The zero-order valence-electron chi connectivity index (χ0n) is 16.6. The van der Waals surface area contributed by atoms with Gasteiger partial charge in [0, 0.05) is 26.2 Å². The molecule has 1 aromatic rings. The average Bonchev–Trinajstić information content (AvgIpc) is 3.21. The fourth-order valence-electron chi connectivity index (χ4n) is 2.80. The number of nitrogens with zero attached hydrogens (tertiary/aromatic N) is 1. The van der Waals surface area contributed by atoms with E-state index in [1.807, 2.05) is 23.8 Å². The van der Waals surface area contributed by atoms with Crippen LogP contribution in [0.3, 0.4) is 0 Å². The smallest absolute Gasteiger partial charge is 0.213 e. The van der Waals surface area contributed by atoms with Gasteiger partial charge in [-0.05, 0) is 55.5 Å². The van der Waals surface area contributed by atoms with E-state index in [0.717, 1.165) is 24.8 Å². The first-order valence-electron chi connectivity index (χ1n) is 9.68. The molecule has 2 atom stereocenters. The number of ether oxygens (including phenoxy) is 1. The van der Waals surface area contributed by atoms with E-state index in [2.05, 4.69) is 20.3 Å². The van der Waals surface area contributed by atoms with Gasteiger partial charge in [-0.1, -0.05) is 0 Å². The summed E-state index contributed by atoms with van der Waals surface area (Å²) in [5.74, 6) is 0.411. The van der Waals surface area contributed by atoms with Crippen molar-refractivity contribution in [3.8, 4) is 0 Å². The van der Waals surface area contributed by atoms with Crippen LogP contribution in [0.2, 0.25) is 0 Å². The Kier molecular flexibility index (Phi) is 9.16. The van der Waals surface area contributed by atoms with Gasteiger partial charge in [0.15, 0.2) is 5.96 Å². The van der Waals surface area contributed by atoms with Crippen molar-refractivity contribution in [2.24, 2.45) is 4.99 Å². The molecule has 0 aliphatic carbocycles. The fraction of sp³-hybridized carbons (Fsp3) is 0.722. The molecule has 28 heavy (non-hydrogen) atoms. The van der Waals surface area contributed by atoms with E-state index < -0.39 is 15.6 Å². The summed E-state index contributed by atoms with van der Waals surface area (Å²) in [5, 5.41) is 20.4. The van der Waals surface area contributed by atoms with Crippen molar-refractivity contribution >= 4 is 27.3 Å². The van der Waals surface area contributed by atoms with Gasteiger partial charge < -0.3 is 20.5 Å². The molecule has 1 aliphatic heterocycles. The average molecular weight is 433 g/mol. The maximum Gasteiger partial charge on any atom is 0.213 e. The zero-order valence-corrected chi connectivity index (χ0v) is 18.2. The van der Waals surface area contributed by atoms with Crippen LogP contribution in [-0.4, -0.2) is 64.1 Å². The Bertz CT molecular complexity index is 699. The molecule has 0 amide bonds. The molecule has 2 rings (SSSR count). The third-order valence-electron chi connectivity index (χ3n) is 4.50. The Morgan fingerprint density at radius 3 is 2.89 bits per heavy atom. The first-order valence-corrected chi connectivity index (χ1v) is 12.3. The molecule has 0 saturated carbocycles. The molecule has 8 nitrogen and oxygen atoms in total. The number of nitrogens with one attached hydrogen (secondary N) is 3. The van der Waals surface area contributed by atoms with Crippen LogP contribution in [0.1, 0.15) is 38.7 Å². The fourth-order valence-corrected chi connectivity index (χ4v) is 4.54. The van der Waals surface area contributed by atoms with E-state index in [9.17, 15) is 13.5 Å². The summed E-state index contributed by atoms with van der Waals surface area (Å²) >= 11 is 1.52. The molecule has 0 bridgehead atoms. The van der Waals surface area contributed by atoms with Crippen molar-refractivity contribution < 1.29 is 18.3 Å². The van der Waals surface area contributed by atoms with E-state index in [1.54, 1.807) is 6.92 Å². The normalized spacial score (nSPS) is 20.5. The predicted octanol–water partition coefficient (Wildman–Crippen LogP) is 0.999. The lowest BCUT2D eigenvalue weighted by molar-refractivity contribution is 0.0200. The SMILES string of the molecule is CCNC(=NCC(C)(O)c1ccsc1)NCCS(=O)(=O)NCC1CCCCO1. The predicted molar refractivity (Wildman–Crippen MR) is 113 cm³/mol. The molecule has 0 radical (unpaired) electrons. The largest absolute Gasteiger partial charge is 0.383 e. The van der Waals surface area contributed by atoms with Gasteiger partial charge in [-0.3, -0.25) is 0 Å². The number of rotatable bonds is 10. The summed E-state index contributed by atoms with van der Waals surface area (Å²) in [6.07, 6.45) is 2.97. The first-order chi connectivity index (χ1) is 13.3. The first kappa shape index (κ1) is 23.1. The summed E-state index contributed by atoms with van der Waals surface area (Å²) < 4.78 is 32.5. The van der Waals surface area contributed by atoms with Crippen molar-refractivity contribution in [1.82, 2.24) is 15.4 Å². The number of thiophene rings is 1. The molecule has 0 aromatic carbocycles. The highest BCUT2D eigenvalue weighted by Crippen LogP contribution is 2.23. The lowest BCUT2D eigenvalue weighted by Gasteiger charge is -2.23. The van der Waals surface area contributed by atoms with E-state index >= 15 is 0 Å². The van der Waals surface area contributed by atoms with Crippen LogP contribution in [0.5, 0.6) is 0 Å². The Morgan fingerprint density at radius 1 is 1.43 bits per heavy atom. The molecule has 1 fully saturated rings. The minimum absolute atomic E-state index is 0.0327.